The molecule has 0 saturated carbocycles. The number of nitrogens with zero attached hydrogens (tertiary/aromatic N) is 4. The van der Waals surface area contributed by atoms with Crippen LogP contribution in [0.4, 0.5) is 5.69 Å². The second-order valence-corrected chi connectivity index (χ2v) is 10.9. The first kappa shape index (κ1) is 29.0. The molecule has 1 N–H and O–H groups in total. The van der Waals surface area contributed by atoms with Crippen LogP contribution in [0.25, 0.3) is 16.7 Å². The van der Waals surface area contributed by atoms with E-state index in [2.05, 4.69) is 59.9 Å². The Balaban J connectivity index is 1.51. The van der Waals surface area contributed by atoms with Gasteiger partial charge in [0.05, 0.1) is 18.0 Å². The zero-order chi connectivity index (χ0) is 29.6. The minimum absolute atomic E-state index is 0.122. The van der Waals surface area contributed by atoms with Gasteiger partial charge in [-0.05, 0) is 65.8 Å². The molecule has 1 atom stereocenters. The highest BCUT2D eigenvalue weighted by Gasteiger charge is 2.32. The average molecular weight is 580 g/mol. The third-order valence-corrected chi connectivity index (χ3v) is 7.81. The monoisotopic (exact) mass is 579 g/mol. The number of hydrogen-bond acceptors (Lipinski definition) is 4. The molecule has 0 saturated heterocycles. The number of aromatic nitrogens is 2. The van der Waals surface area contributed by atoms with Crippen molar-refractivity contribution in [2.24, 2.45) is 5.10 Å². The van der Waals surface area contributed by atoms with Gasteiger partial charge in [0, 0.05) is 47.9 Å². The standard InChI is InChI=1S/C34H34ClN5O2/c1-4-16-39-21-28(20-37-39)26-10-12-27(13-11-26)34-19-33(38-40(34)24(3)42)23(2)30(17-25-8-6-5-7-9-25)31-18-29(35)14-15-32(31)36-22-41/h5-15,18,20-22,34H,4,16-17,19H2,1-3H3,(H,36,41)/b30-23+. The quantitative estimate of drug-likeness (QED) is 0.197. The Morgan fingerprint density at radius 3 is 2.50 bits per heavy atom. The summed E-state index contributed by atoms with van der Waals surface area (Å²) in [6.45, 7) is 6.59. The molecule has 1 aliphatic rings. The smallest absolute Gasteiger partial charge is 0.240 e. The molecule has 0 aliphatic carbocycles. The number of amides is 2. The molecule has 5 rings (SSSR count). The van der Waals surface area contributed by atoms with Crippen LogP contribution in [0.5, 0.6) is 0 Å². The molecule has 7 nitrogen and oxygen atoms in total. The van der Waals surface area contributed by atoms with E-state index in [0.717, 1.165) is 57.6 Å². The zero-order valence-corrected chi connectivity index (χ0v) is 24.8. The fourth-order valence-electron chi connectivity index (χ4n) is 5.41. The van der Waals surface area contributed by atoms with Crippen LogP contribution in [0, 0.1) is 0 Å². The number of carbonyl (C=O) groups excluding carboxylic acids is 2. The lowest BCUT2D eigenvalue weighted by Crippen LogP contribution is -2.24. The number of nitrogens with one attached hydrogen (secondary N) is 1. The third kappa shape index (κ3) is 6.37. The predicted octanol–water partition coefficient (Wildman–Crippen LogP) is 7.55. The van der Waals surface area contributed by atoms with Gasteiger partial charge in [0.1, 0.15) is 0 Å². The molecule has 0 radical (unpaired) electrons. The van der Waals surface area contributed by atoms with Crippen molar-refractivity contribution in [3.05, 3.63) is 112 Å². The van der Waals surface area contributed by atoms with Gasteiger partial charge in [-0.15, -0.1) is 0 Å². The second-order valence-electron chi connectivity index (χ2n) is 10.5. The zero-order valence-electron chi connectivity index (χ0n) is 24.0. The lowest BCUT2D eigenvalue weighted by Gasteiger charge is -2.20. The van der Waals surface area contributed by atoms with Crippen molar-refractivity contribution >= 4 is 40.9 Å². The average Bonchev–Trinajstić information content (AvgIpc) is 3.66. The van der Waals surface area contributed by atoms with Gasteiger partial charge in [-0.1, -0.05) is 73.1 Å². The van der Waals surface area contributed by atoms with E-state index < -0.39 is 0 Å². The summed E-state index contributed by atoms with van der Waals surface area (Å²) in [7, 11) is 0. The number of anilines is 1. The summed E-state index contributed by atoms with van der Waals surface area (Å²) in [5.74, 6) is -0.122. The third-order valence-electron chi connectivity index (χ3n) is 7.58. The van der Waals surface area contributed by atoms with Crippen LogP contribution in [0.3, 0.4) is 0 Å². The van der Waals surface area contributed by atoms with E-state index in [0.29, 0.717) is 30.0 Å². The summed E-state index contributed by atoms with van der Waals surface area (Å²) in [5.41, 5.74) is 8.50. The van der Waals surface area contributed by atoms with E-state index in [1.54, 1.807) is 24.1 Å². The summed E-state index contributed by atoms with van der Waals surface area (Å²) in [6, 6.07) is 23.6. The molecular formula is C34H34ClN5O2. The SMILES string of the molecule is CCCn1cc(-c2ccc(C3CC(/C(C)=C(\Cc4ccccc4)c4cc(Cl)ccc4NC=O)=NN3C(C)=O)cc2)cn1. The van der Waals surface area contributed by atoms with Crippen LogP contribution in [0.1, 0.15) is 56.3 Å². The first-order valence-corrected chi connectivity index (χ1v) is 14.5. The molecule has 4 aromatic rings. The summed E-state index contributed by atoms with van der Waals surface area (Å²) < 4.78 is 1.95. The highest BCUT2D eigenvalue weighted by molar-refractivity contribution is 6.31. The number of allylic oxidation sites excluding steroid dienone is 2. The molecule has 2 amide bonds. The first-order valence-electron chi connectivity index (χ1n) is 14.1. The molecule has 3 aromatic carbocycles. The van der Waals surface area contributed by atoms with Gasteiger partial charge in [0.2, 0.25) is 12.3 Å². The molecule has 1 unspecified atom stereocenters. The van der Waals surface area contributed by atoms with Crippen molar-refractivity contribution in [1.82, 2.24) is 14.8 Å². The van der Waals surface area contributed by atoms with E-state index in [-0.39, 0.29) is 11.9 Å². The molecule has 42 heavy (non-hydrogen) atoms. The van der Waals surface area contributed by atoms with Crippen LogP contribution in [0.15, 0.2) is 95.9 Å². The van der Waals surface area contributed by atoms with Crippen molar-refractivity contribution < 1.29 is 9.59 Å². The lowest BCUT2D eigenvalue weighted by atomic mass is 9.89. The predicted molar refractivity (Wildman–Crippen MR) is 169 cm³/mol. The van der Waals surface area contributed by atoms with Gasteiger partial charge in [-0.2, -0.15) is 10.2 Å². The van der Waals surface area contributed by atoms with Crippen LogP contribution in [-0.4, -0.2) is 32.8 Å². The second kappa shape index (κ2) is 13.0. The molecule has 1 aromatic heterocycles. The summed E-state index contributed by atoms with van der Waals surface area (Å²) in [6.07, 6.45) is 6.80. The van der Waals surface area contributed by atoms with Crippen LogP contribution >= 0.6 is 11.6 Å². The number of carbonyl (C=O) groups is 2. The highest BCUT2D eigenvalue weighted by Crippen LogP contribution is 2.38. The molecule has 1 aliphatic heterocycles. The molecule has 2 heterocycles. The Morgan fingerprint density at radius 1 is 1.05 bits per heavy atom. The number of rotatable bonds is 10. The first-order chi connectivity index (χ1) is 20.4. The number of benzene rings is 3. The van der Waals surface area contributed by atoms with Gasteiger partial charge in [-0.25, -0.2) is 5.01 Å². The van der Waals surface area contributed by atoms with Crippen LogP contribution in [-0.2, 0) is 22.6 Å². The van der Waals surface area contributed by atoms with Gasteiger partial charge < -0.3 is 5.32 Å². The van der Waals surface area contributed by atoms with E-state index in [4.69, 9.17) is 16.7 Å². The maximum absolute atomic E-state index is 12.8. The topological polar surface area (TPSA) is 79.6 Å². The number of hydrazone groups is 1. The fraction of sp³-hybridized carbons (Fsp3) is 0.235. The highest BCUT2D eigenvalue weighted by atomic mass is 35.5. The summed E-state index contributed by atoms with van der Waals surface area (Å²) in [4.78, 5) is 24.2. The van der Waals surface area contributed by atoms with Gasteiger partial charge >= 0.3 is 0 Å². The molecule has 0 spiro atoms. The van der Waals surface area contributed by atoms with E-state index in [1.165, 1.54) is 0 Å². The minimum atomic E-state index is -0.228. The Morgan fingerprint density at radius 2 is 1.81 bits per heavy atom. The van der Waals surface area contributed by atoms with Gasteiger partial charge in [0.15, 0.2) is 0 Å². The van der Waals surface area contributed by atoms with Crippen molar-refractivity contribution in [3.63, 3.8) is 0 Å². The van der Waals surface area contributed by atoms with Crippen LogP contribution < -0.4 is 5.32 Å². The fourth-order valence-corrected chi connectivity index (χ4v) is 5.58. The Kier molecular flexibility index (Phi) is 8.98. The van der Waals surface area contributed by atoms with Crippen LogP contribution in [0.2, 0.25) is 5.02 Å². The molecule has 0 fully saturated rings. The van der Waals surface area contributed by atoms with Crippen molar-refractivity contribution in [1.29, 1.82) is 0 Å². The Labute approximate surface area is 251 Å². The largest absolute Gasteiger partial charge is 0.328 e. The maximum Gasteiger partial charge on any atom is 0.240 e. The number of hydrogen-bond donors (Lipinski definition) is 1. The van der Waals surface area contributed by atoms with Crippen molar-refractivity contribution in [2.45, 2.75) is 52.6 Å². The van der Waals surface area contributed by atoms with Gasteiger partial charge in [-0.3, -0.25) is 14.3 Å². The van der Waals surface area contributed by atoms with E-state index in [1.807, 2.05) is 42.1 Å². The number of halogens is 1. The number of aryl methyl sites for hydroxylation is 1. The lowest BCUT2D eigenvalue weighted by molar-refractivity contribution is -0.130. The normalized spacial score (nSPS) is 15.3. The molecule has 8 heteroatoms. The summed E-state index contributed by atoms with van der Waals surface area (Å²) >= 11 is 6.44. The molecule has 214 valence electrons. The summed E-state index contributed by atoms with van der Waals surface area (Å²) in [5, 5.41) is 14.3. The van der Waals surface area contributed by atoms with E-state index in [9.17, 15) is 9.59 Å². The van der Waals surface area contributed by atoms with Crippen molar-refractivity contribution in [2.75, 3.05) is 5.32 Å². The Bertz CT molecular complexity index is 1640. The van der Waals surface area contributed by atoms with E-state index >= 15 is 0 Å². The van der Waals surface area contributed by atoms with Gasteiger partial charge in [0.25, 0.3) is 0 Å². The maximum atomic E-state index is 12.8. The molecule has 0 bridgehead atoms. The minimum Gasteiger partial charge on any atom is -0.328 e. The molecular weight excluding hydrogens is 546 g/mol. The van der Waals surface area contributed by atoms with Crippen molar-refractivity contribution in [3.8, 4) is 11.1 Å². The Hall–Kier alpha value is -4.49.